The summed E-state index contributed by atoms with van der Waals surface area (Å²) >= 11 is 0. The number of nitrogens with two attached hydrogens (primary N) is 1. The van der Waals surface area contributed by atoms with Crippen molar-refractivity contribution in [2.75, 3.05) is 7.11 Å². The van der Waals surface area contributed by atoms with E-state index in [9.17, 15) is 0 Å². The molecule has 3 N–H and O–H groups in total. The van der Waals surface area contributed by atoms with Crippen LogP contribution >= 0.6 is 0 Å². The highest BCUT2D eigenvalue weighted by molar-refractivity contribution is 5.95. The minimum Gasteiger partial charge on any atom is -0.497 e. The zero-order chi connectivity index (χ0) is 12.3. The van der Waals surface area contributed by atoms with Crippen LogP contribution in [0.4, 0.5) is 0 Å². The van der Waals surface area contributed by atoms with Crippen molar-refractivity contribution in [3.05, 3.63) is 23.8 Å². The molecule has 2 rings (SSSR count). The van der Waals surface area contributed by atoms with Crippen LogP contribution in [0.1, 0.15) is 31.2 Å². The van der Waals surface area contributed by atoms with Crippen LogP contribution in [-0.2, 0) is 0 Å². The van der Waals surface area contributed by atoms with E-state index >= 15 is 0 Å². The Hall–Kier alpha value is -1.71. The average molecular weight is 234 g/mol. The Morgan fingerprint density at radius 3 is 2.47 bits per heavy atom. The molecule has 0 atom stereocenters. The normalized spacial score (nSPS) is 15.8. The average Bonchev–Trinajstić information content (AvgIpc) is 2.81. The molecule has 0 radical (unpaired) electrons. The maximum Gasteiger partial charge on any atom is 0.124 e. The van der Waals surface area contributed by atoms with Gasteiger partial charge in [-0.25, -0.2) is 0 Å². The van der Waals surface area contributed by atoms with Crippen molar-refractivity contribution in [1.29, 1.82) is 5.41 Å². The number of nitrogens with one attached hydrogen (secondary N) is 1. The summed E-state index contributed by atoms with van der Waals surface area (Å²) in [6.07, 6.45) is 4.96. The fraction of sp³-hybridized carbons (Fsp3) is 0.462. The van der Waals surface area contributed by atoms with E-state index in [0.717, 1.165) is 18.6 Å². The van der Waals surface area contributed by atoms with Gasteiger partial charge in [-0.1, -0.05) is 0 Å². The maximum atomic E-state index is 7.45. The number of benzene rings is 1. The van der Waals surface area contributed by atoms with Gasteiger partial charge >= 0.3 is 0 Å². The summed E-state index contributed by atoms with van der Waals surface area (Å²) in [5.41, 5.74) is 6.12. The standard InChI is InChI=1S/C13H18N2O2/c1-16-11-6-9(13(14)15)7-12(8-11)17-10-4-2-3-5-10/h6-8,10H,2-5H2,1H3,(H3,14,15). The predicted octanol–water partition coefficient (Wildman–Crippen LogP) is 2.30. The van der Waals surface area contributed by atoms with Crippen molar-refractivity contribution in [2.45, 2.75) is 31.8 Å². The van der Waals surface area contributed by atoms with E-state index in [2.05, 4.69) is 0 Å². The molecule has 0 aromatic heterocycles. The minimum absolute atomic E-state index is 0.0279. The first-order valence-electron chi connectivity index (χ1n) is 5.89. The molecular formula is C13H18N2O2. The van der Waals surface area contributed by atoms with Crippen molar-refractivity contribution < 1.29 is 9.47 Å². The number of hydrogen-bond donors (Lipinski definition) is 2. The van der Waals surface area contributed by atoms with Crippen LogP contribution in [0.3, 0.4) is 0 Å². The summed E-state index contributed by atoms with van der Waals surface area (Å²) in [4.78, 5) is 0. The largest absolute Gasteiger partial charge is 0.497 e. The quantitative estimate of drug-likeness (QED) is 0.620. The van der Waals surface area contributed by atoms with Crippen LogP contribution in [-0.4, -0.2) is 19.0 Å². The van der Waals surface area contributed by atoms with Gasteiger partial charge in [0.1, 0.15) is 17.3 Å². The van der Waals surface area contributed by atoms with E-state index in [4.69, 9.17) is 20.6 Å². The summed E-state index contributed by atoms with van der Waals surface area (Å²) in [6, 6.07) is 5.37. The zero-order valence-corrected chi connectivity index (χ0v) is 10.0. The van der Waals surface area contributed by atoms with Crippen LogP contribution in [0.25, 0.3) is 0 Å². The van der Waals surface area contributed by atoms with Crippen molar-refractivity contribution in [3.63, 3.8) is 0 Å². The highest BCUT2D eigenvalue weighted by Crippen LogP contribution is 2.27. The molecule has 0 amide bonds. The molecule has 0 aliphatic heterocycles. The third-order valence-electron chi connectivity index (χ3n) is 3.03. The third kappa shape index (κ3) is 2.90. The molecule has 0 bridgehead atoms. The summed E-state index contributed by atoms with van der Waals surface area (Å²) < 4.78 is 11.1. The van der Waals surface area contributed by atoms with Crippen molar-refractivity contribution in [2.24, 2.45) is 5.73 Å². The molecule has 92 valence electrons. The number of methoxy groups -OCH3 is 1. The van der Waals surface area contributed by atoms with Crippen molar-refractivity contribution >= 4 is 5.84 Å². The third-order valence-corrected chi connectivity index (χ3v) is 3.03. The maximum absolute atomic E-state index is 7.45. The van der Waals surface area contributed by atoms with Gasteiger partial charge in [-0.15, -0.1) is 0 Å². The summed E-state index contributed by atoms with van der Waals surface area (Å²) in [7, 11) is 1.60. The number of hydrogen-bond acceptors (Lipinski definition) is 3. The second-order valence-electron chi connectivity index (χ2n) is 4.34. The number of rotatable bonds is 4. The van der Waals surface area contributed by atoms with Crippen LogP contribution in [0.5, 0.6) is 11.5 Å². The minimum atomic E-state index is 0.0279. The van der Waals surface area contributed by atoms with Crippen molar-refractivity contribution in [3.8, 4) is 11.5 Å². The highest BCUT2D eigenvalue weighted by Gasteiger charge is 2.17. The van der Waals surface area contributed by atoms with Crippen LogP contribution in [0.2, 0.25) is 0 Å². The molecule has 1 fully saturated rings. The summed E-state index contributed by atoms with van der Waals surface area (Å²) in [5.74, 6) is 1.44. The van der Waals surface area contributed by atoms with Gasteiger partial charge in [0.25, 0.3) is 0 Å². The van der Waals surface area contributed by atoms with Gasteiger partial charge in [0.2, 0.25) is 0 Å². The molecule has 0 heterocycles. The predicted molar refractivity (Wildman–Crippen MR) is 66.9 cm³/mol. The van der Waals surface area contributed by atoms with E-state index in [-0.39, 0.29) is 5.84 Å². The van der Waals surface area contributed by atoms with Crippen LogP contribution < -0.4 is 15.2 Å². The first-order valence-corrected chi connectivity index (χ1v) is 5.89. The van der Waals surface area contributed by atoms with Gasteiger partial charge < -0.3 is 15.2 Å². The van der Waals surface area contributed by atoms with Gasteiger partial charge in [-0.2, -0.15) is 0 Å². The molecule has 0 spiro atoms. The van der Waals surface area contributed by atoms with Gasteiger partial charge in [0.05, 0.1) is 13.2 Å². The molecular weight excluding hydrogens is 216 g/mol. The number of ether oxygens (including phenoxy) is 2. The van der Waals surface area contributed by atoms with E-state index in [1.54, 1.807) is 19.2 Å². The summed E-state index contributed by atoms with van der Waals surface area (Å²) in [6.45, 7) is 0. The molecule has 17 heavy (non-hydrogen) atoms. The Morgan fingerprint density at radius 1 is 1.24 bits per heavy atom. The molecule has 1 aliphatic carbocycles. The molecule has 1 saturated carbocycles. The molecule has 1 aromatic carbocycles. The fourth-order valence-corrected chi connectivity index (χ4v) is 2.11. The molecule has 0 unspecified atom stereocenters. The van der Waals surface area contributed by atoms with Gasteiger partial charge in [0.15, 0.2) is 0 Å². The smallest absolute Gasteiger partial charge is 0.124 e. The lowest BCUT2D eigenvalue weighted by Crippen LogP contribution is -2.14. The topological polar surface area (TPSA) is 68.3 Å². The molecule has 1 aromatic rings. The van der Waals surface area contributed by atoms with Crippen LogP contribution in [0.15, 0.2) is 18.2 Å². The lowest BCUT2D eigenvalue weighted by atomic mass is 10.2. The number of nitrogen functional groups attached to an aromatic ring is 1. The van der Waals surface area contributed by atoms with E-state index in [1.807, 2.05) is 6.07 Å². The Labute approximate surface area is 101 Å². The van der Waals surface area contributed by atoms with E-state index in [1.165, 1.54) is 12.8 Å². The highest BCUT2D eigenvalue weighted by atomic mass is 16.5. The monoisotopic (exact) mass is 234 g/mol. The molecule has 0 saturated heterocycles. The Kier molecular flexibility index (Phi) is 3.52. The van der Waals surface area contributed by atoms with Gasteiger partial charge in [0, 0.05) is 11.6 Å². The Balaban J connectivity index is 2.19. The Bertz CT molecular complexity index is 412. The lowest BCUT2D eigenvalue weighted by molar-refractivity contribution is 0.209. The van der Waals surface area contributed by atoms with Gasteiger partial charge in [-0.3, -0.25) is 5.41 Å². The molecule has 1 aliphatic rings. The van der Waals surface area contributed by atoms with E-state index < -0.39 is 0 Å². The lowest BCUT2D eigenvalue weighted by Gasteiger charge is -2.15. The second-order valence-corrected chi connectivity index (χ2v) is 4.34. The first kappa shape index (κ1) is 11.8. The molecule has 4 nitrogen and oxygen atoms in total. The Morgan fingerprint density at radius 2 is 1.88 bits per heavy atom. The van der Waals surface area contributed by atoms with Crippen molar-refractivity contribution in [1.82, 2.24) is 0 Å². The van der Waals surface area contributed by atoms with Gasteiger partial charge in [-0.05, 0) is 37.8 Å². The first-order chi connectivity index (χ1) is 8.19. The fourth-order valence-electron chi connectivity index (χ4n) is 2.11. The van der Waals surface area contributed by atoms with Crippen LogP contribution in [0, 0.1) is 5.41 Å². The molecule has 4 heteroatoms. The second kappa shape index (κ2) is 5.08. The number of amidine groups is 1. The zero-order valence-electron chi connectivity index (χ0n) is 10.0. The van der Waals surface area contributed by atoms with E-state index in [0.29, 0.717) is 17.4 Å². The summed E-state index contributed by atoms with van der Waals surface area (Å²) in [5, 5.41) is 7.45. The SMILES string of the molecule is COc1cc(OC2CCCC2)cc(C(=N)N)c1.